The Morgan fingerprint density at radius 1 is 1.52 bits per heavy atom. The van der Waals surface area contributed by atoms with Gasteiger partial charge in [0.2, 0.25) is 0 Å². The van der Waals surface area contributed by atoms with E-state index in [1.54, 1.807) is 0 Å². The molecule has 0 spiro atoms. The minimum atomic E-state index is -0.522. The maximum Gasteiger partial charge on any atom is 0.336 e. The third-order valence-electron chi connectivity index (χ3n) is 3.68. The molecule has 21 heavy (non-hydrogen) atoms. The number of aryl methyl sites for hydroxylation is 2. The monoisotopic (exact) mass is 315 g/mol. The smallest absolute Gasteiger partial charge is 0.336 e. The molecule has 118 valence electrons. The van der Waals surface area contributed by atoms with Crippen molar-refractivity contribution in [2.45, 2.75) is 39.5 Å². The summed E-state index contributed by atoms with van der Waals surface area (Å²) in [4.78, 5) is 13.7. The highest BCUT2D eigenvalue weighted by atomic mass is 35.5. The van der Waals surface area contributed by atoms with Gasteiger partial charge in [0.25, 0.3) is 0 Å². The quantitative estimate of drug-likeness (QED) is 0.771. The third-order valence-corrected chi connectivity index (χ3v) is 4.12. The van der Waals surface area contributed by atoms with Crippen LogP contribution in [0.15, 0.2) is 0 Å². The van der Waals surface area contributed by atoms with E-state index in [4.69, 9.17) is 21.1 Å². The fraction of sp³-hybridized carbons (Fsp3) is 0.714. The van der Waals surface area contributed by atoms with Crippen molar-refractivity contribution in [3.8, 4) is 0 Å². The first-order chi connectivity index (χ1) is 10.1. The zero-order chi connectivity index (χ0) is 15.4. The average Bonchev–Trinajstić information content (AvgIpc) is 2.82. The van der Waals surface area contributed by atoms with Gasteiger partial charge in [-0.2, -0.15) is 5.10 Å². The van der Waals surface area contributed by atoms with Gasteiger partial charge < -0.3 is 9.47 Å². The van der Waals surface area contributed by atoms with Crippen molar-refractivity contribution >= 4 is 17.6 Å². The number of halogens is 1. The summed E-state index contributed by atoms with van der Waals surface area (Å²) in [5, 5.41) is 5.25. The zero-order valence-corrected chi connectivity index (χ0v) is 13.5. The molecular formula is C14H22ClN3O3. The lowest BCUT2D eigenvalue weighted by molar-refractivity contribution is -0.160. The third kappa shape index (κ3) is 3.56. The molecule has 1 atom stereocenters. The molecule has 2 heterocycles. The summed E-state index contributed by atoms with van der Waals surface area (Å²) in [6.07, 6.45) is 0.290. The number of carbonyl (C=O) groups is 1. The van der Waals surface area contributed by atoms with Crippen LogP contribution in [0, 0.1) is 0 Å². The van der Waals surface area contributed by atoms with Gasteiger partial charge in [0.15, 0.2) is 6.10 Å². The van der Waals surface area contributed by atoms with Gasteiger partial charge in [-0.25, -0.2) is 4.79 Å². The van der Waals surface area contributed by atoms with E-state index in [2.05, 4.69) is 10.00 Å². The van der Waals surface area contributed by atoms with Gasteiger partial charge in [-0.15, -0.1) is 0 Å². The molecule has 0 aromatic carbocycles. The first-order valence-electron chi connectivity index (χ1n) is 7.26. The van der Waals surface area contributed by atoms with Gasteiger partial charge in [-0.05, 0) is 13.3 Å². The Morgan fingerprint density at radius 3 is 2.90 bits per heavy atom. The Kier molecular flexibility index (Phi) is 5.61. The number of hydrogen-bond donors (Lipinski definition) is 0. The number of rotatable bonds is 5. The maximum atomic E-state index is 11.6. The molecule has 1 aromatic heterocycles. The van der Waals surface area contributed by atoms with Crippen molar-refractivity contribution in [1.29, 1.82) is 0 Å². The first kappa shape index (κ1) is 16.3. The number of carbonyl (C=O) groups excluding carboxylic acids is 1. The van der Waals surface area contributed by atoms with Crippen LogP contribution < -0.4 is 0 Å². The molecule has 0 aliphatic carbocycles. The highest BCUT2D eigenvalue weighted by Gasteiger charge is 2.28. The highest BCUT2D eigenvalue weighted by Crippen LogP contribution is 2.24. The van der Waals surface area contributed by atoms with Crippen LogP contribution in [0.2, 0.25) is 5.02 Å². The summed E-state index contributed by atoms with van der Waals surface area (Å²) < 4.78 is 12.1. The molecule has 1 aliphatic rings. The number of aromatic nitrogens is 2. The van der Waals surface area contributed by atoms with Gasteiger partial charge in [0.1, 0.15) is 0 Å². The standard InChI is InChI=1S/C14H22ClN3O3/c1-4-10-13(15)11(18(5-2)16-10)8-17-6-7-21-12(9-17)14(19)20-3/h12H,4-9H2,1-3H3. The first-order valence-corrected chi connectivity index (χ1v) is 7.64. The molecule has 0 bridgehead atoms. The van der Waals surface area contributed by atoms with E-state index in [1.165, 1.54) is 7.11 Å². The Balaban J connectivity index is 2.10. The Hall–Kier alpha value is -1.11. The summed E-state index contributed by atoms with van der Waals surface area (Å²) in [6.45, 7) is 7.32. The second-order valence-corrected chi connectivity index (χ2v) is 5.37. The topological polar surface area (TPSA) is 56.6 Å². The number of methoxy groups -OCH3 is 1. The van der Waals surface area contributed by atoms with E-state index in [9.17, 15) is 4.79 Å². The number of nitrogens with zero attached hydrogens (tertiary/aromatic N) is 3. The van der Waals surface area contributed by atoms with Gasteiger partial charge in [-0.1, -0.05) is 18.5 Å². The van der Waals surface area contributed by atoms with Gasteiger partial charge >= 0.3 is 5.97 Å². The molecule has 1 aromatic rings. The largest absolute Gasteiger partial charge is 0.467 e. The van der Waals surface area contributed by atoms with Crippen LogP contribution in [0.5, 0.6) is 0 Å². The van der Waals surface area contributed by atoms with Gasteiger partial charge in [-0.3, -0.25) is 9.58 Å². The van der Waals surface area contributed by atoms with Crippen molar-refractivity contribution in [1.82, 2.24) is 14.7 Å². The zero-order valence-electron chi connectivity index (χ0n) is 12.8. The molecule has 2 rings (SSSR count). The highest BCUT2D eigenvalue weighted by molar-refractivity contribution is 6.31. The molecule has 7 heteroatoms. The average molecular weight is 316 g/mol. The van der Waals surface area contributed by atoms with Crippen LogP contribution in [0.3, 0.4) is 0 Å². The number of morpholine rings is 1. The van der Waals surface area contributed by atoms with Crippen LogP contribution in [0.4, 0.5) is 0 Å². The van der Waals surface area contributed by atoms with Crippen molar-refractivity contribution in [2.24, 2.45) is 0 Å². The Morgan fingerprint density at radius 2 is 2.29 bits per heavy atom. The van der Waals surface area contributed by atoms with E-state index in [0.717, 1.165) is 35.9 Å². The fourth-order valence-electron chi connectivity index (χ4n) is 2.50. The second kappa shape index (κ2) is 7.24. The van der Waals surface area contributed by atoms with E-state index >= 15 is 0 Å². The number of ether oxygens (including phenoxy) is 2. The molecule has 6 nitrogen and oxygen atoms in total. The van der Waals surface area contributed by atoms with Gasteiger partial charge in [0, 0.05) is 26.2 Å². The molecule has 0 amide bonds. The van der Waals surface area contributed by atoms with Crippen LogP contribution in [0.25, 0.3) is 0 Å². The van der Waals surface area contributed by atoms with Crippen molar-refractivity contribution in [2.75, 3.05) is 26.8 Å². The van der Waals surface area contributed by atoms with Crippen molar-refractivity contribution in [3.63, 3.8) is 0 Å². The van der Waals surface area contributed by atoms with Crippen LogP contribution in [-0.2, 0) is 33.8 Å². The van der Waals surface area contributed by atoms with E-state index < -0.39 is 6.10 Å². The SMILES string of the molecule is CCc1nn(CC)c(CN2CCOC(C(=O)OC)C2)c1Cl. The van der Waals surface area contributed by atoms with Crippen molar-refractivity contribution in [3.05, 3.63) is 16.4 Å². The predicted molar refractivity (Wildman–Crippen MR) is 79.3 cm³/mol. The van der Waals surface area contributed by atoms with E-state index in [-0.39, 0.29) is 5.97 Å². The minimum Gasteiger partial charge on any atom is -0.467 e. The lowest BCUT2D eigenvalue weighted by Gasteiger charge is -2.31. The molecule has 0 saturated carbocycles. The lowest BCUT2D eigenvalue weighted by Crippen LogP contribution is -2.46. The van der Waals surface area contributed by atoms with Crippen LogP contribution in [0.1, 0.15) is 25.2 Å². The normalized spacial score (nSPS) is 19.7. The van der Waals surface area contributed by atoms with E-state index in [0.29, 0.717) is 19.7 Å². The Bertz CT molecular complexity index is 504. The molecule has 1 aliphatic heterocycles. The summed E-state index contributed by atoms with van der Waals surface area (Å²) >= 11 is 6.42. The molecule has 1 unspecified atom stereocenters. The second-order valence-electron chi connectivity index (χ2n) is 4.99. The maximum absolute atomic E-state index is 11.6. The van der Waals surface area contributed by atoms with Crippen LogP contribution in [-0.4, -0.2) is 53.6 Å². The van der Waals surface area contributed by atoms with Gasteiger partial charge in [0.05, 0.1) is 30.1 Å². The predicted octanol–water partition coefficient (Wildman–Crippen LogP) is 1.49. The van der Waals surface area contributed by atoms with E-state index in [1.807, 2.05) is 18.5 Å². The molecule has 0 N–H and O–H groups in total. The minimum absolute atomic E-state index is 0.330. The Labute approximate surface area is 129 Å². The lowest BCUT2D eigenvalue weighted by atomic mass is 10.2. The number of esters is 1. The summed E-state index contributed by atoms with van der Waals surface area (Å²) in [7, 11) is 1.38. The van der Waals surface area contributed by atoms with Crippen molar-refractivity contribution < 1.29 is 14.3 Å². The molecule has 1 fully saturated rings. The van der Waals surface area contributed by atoms with Crippen LogP contribution >= 0.6 is 11.6 Å². The summed E-state index contributed by atoms with van der Waals surface area (Å²) in [6, 6.07) is 0. The fourth-order valence-corrected chi connectivity index (χ4v) is 2.83. The molecule has 0 radical (unpaired) electrons. The summed E-state index contributed by atoms with van der Waals surface area (Å²) in [5.74, 6) is -0.330. The molecular weight excluding hydrogens is 294 g/mol. The number of hydrogen-bond acceptors (Lipinski definition) is 5. The molecule has 1 saturated heterocycles. The summed E-state index contributed by atoms with van der Waals surface area (Å²) in [5.41, 5.74) is 1.92.